The Morgan fingerprint density at radius 2 is 2.09 bits per heavy atom. The van der Waals surface area contributed by atoms with Crippen LogP contribution in [0.1, 0.15) is 22.5 Å². The highest BCUT2D eigenvalue weighted by molar-refractivity contribution is 9.09. The molecule has 2 aromatic rings. The Hall–Kier alpha value is -1.67. The summed E-state index contributed by atoms with van der Waals surface area (Å²) in [5.41, 5.74) is -1.53. The molecule has 1 aromatic carbocycles. The summed E-state index contributed by atoms with van der Waals surface area (Å²) in [6, 6.07) is 2.03. The molecular weight excluding hydrogens is 401 g/mol. The molecule has 23 heavy (non-hydrogen) atoms. The molecule has 9 heteroatoms. The highest BCUT2D eigenvalue weighted by Crippen LogP contribution is 2.35. The molecule has 1 aromatic heterocycles. The molecular formula is C14H9BrClF3N2O2. The normalized spacial score (nSPS) is 10.9. The van der Waals surface area contributed by atoms with E-state index in [-0.39, 0.29) is 23.0 Å². The number of rotatable bonds is 5. The lowest BCUT2D eigenvalue weighted by molar-refractivity contribution is 0.0524. The number of benzene rings is 1. The molecule has 0 aliphatic carbocycles. The summed E-state index contributed by atoms with van der Waals surface area (Å²) in [4.78, 5) is 19.3. The minimum absolute atomic E-state index is 0.0958. The average molecular weight is 410 g/mol. The number of halogens is 5. The largest absolute Gasteiger partial charge is 0.460 e. The zero-order chi connectivity index (χ0) is 17.0. The molecule has 0 radical (unpaired) electrons. The van der Waals surface area contributed by atoms with Gasteiger partial charge in [-0.2, -0.15) is 0 Å². The minimum atomic E-state index is -2.94. The van der Waals surface area contributed by atoms with Crippen LogP contribution >= 0.6 is 27.5 Å². The summed E-state index contributed by atoms with van der Waals surface area (Å²) < 4.78 is 45.2. The molecule has 0 fully saturated rings. The van der Waals surface area contributed by atoms with Crippen LogP contribution in [0.5, 0.6) is 0 Å². The van der Waals surface area contributed by atoms with Gasteiger partial charge in [0.2, 0.25) is 0 Å². The fraction of sp³-hybridized carbons (Fsp3) is 0.214. The van der Waals surface area contributed by atoms with Crippen LogP contribution in [0.3, 0.4) is 0 Å². The molecule has 0 aliphatic rings. The van der Waals surface area contributed by atoms with E-state index in [1.54, 1.807) is 0 Å². The number of alkyl halides is 3. The molecule has 0 N–H and O–H groups in total. The summed E-state index contributed by atoms with van der Waals surface area (Å²) in [6.07, 6.45) is -0.769. The lowest BCUT2D eigenvalue weighted by Gasteiger charge is -2.11. The number of carbonyl (C=O) groups excluding carboxylic acids is 1. The first-order valence-electron chi connectivity index (χ1n) is 6.27. The minimum Gasteiger partial charge on any atom is -0.460 e. The molecule has 1 heterocycles. The number of hydrogen-bond donors (Lipinski definition) is 0. The van der Waals surface area contributed by atoms with Gasteiger partial charge in [0.15, 0.2) is 11.5 Å². The van der Waals surface area contributed by atoms with Gasteiger partial charge >= 0.3 is 5.97 Å². The Morgan fingerprint density at radius 3 is 2.74 bits per heavy atom. The highest BCUT2D eigenvalue weighted by Gasteiger charge is 2.22. The number of nitrogens with zero attached hydrogens (tertiary/aromatic N) is 2. The first kappa shape index (κ1) is 17.7. The van der Waals surface area contributed by atoms with Crippen LogP contribution in [0.4, 0.5) is 13.2 Å². The quantitative estimate of drug-likeness (QED) is 0.542. The monoisotopic (exact) mass is 408 g/mol. The molecule has 0 amide bonds. The maximum Gasteiger partial charge on any atom is 0.358 e. The van der Waals surface area contributed by atoms with Gasteiger partial charge in [0.25, 0.3) is 6.43 Å². The number of carbonyl (C=O) groups is 1. The van der Waals surface area contributed by atoms with Crippen molar-refractivity contribution >= 4 is 33.5 Å². The van der Waals surface area contributed by atoms with Gasteiger partial charge in [-0.15, -0.1) is 0 Å². The zero-order valence-corrected chi connectivity index (χ0v) is 13.7. The van der Waals surface area contributed by atoms with Crippen molar-refractivity contribution in [3.8, 4) is 11.3 Å². The van der Waals surface area contributed by atoms with E-state index in [1.807, 2.05) is 0 Å². The molecule has 0 atom stereocenters. The van der Waals surface area contributed by atoms with E-state index in [1.165, 1.54) is 0 Å². The van der Waals surface area contributed by atoms with E-state index < -0.39 is 29.3 Å². The van der Waals surface area contributed by atoms with Crippen LogP contribution in [0.25, 0.3) is 11.3 Å². The number of aromatic nitrogens is 2. The Labute approximate surface area is 142 Å². The van der Waals surface area contributed by atoms with Gasteiger partial charge in [0.1, 0.15) is 6.61 Å². The fourth-order valence-corrected chi connectivity index (χ4v) is 2.12. The number of esters is 1. The van der Waals surface area contributed by atoms with Gasteiger partial charge in [-0.05, 0) is 6.07 Å². The van der Waals surface area contributed by atoms with E-state index in [9.17, 15) is 18.0 Å². The molecule has 4 nitrogen and oxygen atoms in total. The van der Waals surface area contributed by atoms with Crippen molar-refractivity contribution in [2.24, 2.45) is 0 Å². The molecule has 0 saturated carbocycles. The van der Waals surface area contributed by atoms with Crippen LogP contribution in [0, 0.1) is 5.82 Å². The topological polar surface area (TPSA) is 52.1 Å². The summed E-state index contributed by atoms with van der Waals surface area (Å²) in [7, 11) is 0. The zero-order valence-electron chi connectivity index (χ0n) is 11.4. The second-order valence-corrected chi connectivity index (χ2v) is 5.44. The number of hydrogen-bond acceptors (Lipinski definition) is 4. The second kappa shape index (κ2) is 7.74. The fourth-order valence-electron chi connectivity index (χ4n) is 1.80. The summed E-state index contributed by atoms with van der Waals surface area (Å²) in [5, 5.41) is 0.0862. The third-order valence-electron chi connectivity index (χ3n) is 2.77. The predicted octanol–water partition coefficient (Wildman–Crippen LogP) is 4.43. The second-order valence-electron chi connectivity index (χ2n) is 4.24. The van der Waals surface area contributed by atoms with Crippen molar-refractivity contribution in [3.05, 3.63) is 46.6 Å². The van der Waals surface area contributed by atoms with E-state index in [0.29, 0.717) is 5.33 Å². The lowest BCUT2D eigenvalue weighted by Crippen LogP contribution is -2.10. The van der Waals surface area contributed by atoms with Crippen LogP contribution in [-0.4, -0.2) is 27.9 Å². The number of ether oxygens (including phenoxy) is 1. The van der Waals surface area contributed by atoms with Gasteiger partial charge in [-0.3, -0.25) is 4.98 Å². The third kappa shape index (κ3) is 4.00. The van der Waals surface area contributed by atoms with Crippen LogP contribution in [0.15, 0.2) is 24.5 Å². The molecule has 0 spiro atoms. The Balaban J connectivity index is 2.51. The lowest BCUT2D eigenvalue weighted by atomic mass is 10.0. The SMILES string of the molecule is O=C(OCCBr)c1cncc(-c2c(C(F)F)ccc(Cl)c2F)n1. The maximum absolute atomic E-state index is 14.2. The van der Waals surface area contributed by atoms with Gasteiger partial charge in [0.05, 0.1) is 23.1 Å². The van der Waals surface area contributed by atoms with Crippen molar-refractivity contribution in [3.63, 3.8) is 0 Å². The van der Waals surface area contributed by atoms with Gasteiger partial charge in [-0.1, -0.05) is 33.6 Å². The van der Waals surface area contributed by atoms with Crippen molar-refractivity contribution in [2.45, 2.75) is 6.43 Å². The molecule has 0 unspecified atom stereocenters. The van der Waals surface area contributed by atoms with E-state index in [4.69, 9.17) is 16.3 Å². The highest BCUT2D eigenvalue weighted by atomic mass is 79.9. The van der Waals surface area contributed by atoms with E-state index in [2.05, 4.69) is 25.9 Å². The van der Waals surface area contributed by atoms with Gasteiger partial charge in [-0.25, -0.2) is 22.9 Å². The Bertz CT molecular complexity index is 731. The third-order valence-corrected chi connectivity index (χ3v) is 3.39. The summed E-state index contributed by atoms with van der Waals surface area (Å²) in [5.74, 6) is -1.84. The van der Waals surface area contributed by atoms with E-state index >= 15 is 0 Å². The predicted molar refractivity (Wildman–Crippen MR) is 81.5 cm³/mol. The van der Waals surface area contributed by atoms with Crippen LogP contribution in [-0.2, 0) is 4.74 Å². The summed E-state index contributed by atoms with van der Waals surface area (Å²) >= 11 is 8.73. The average Bonchev–Trinajstić information content (AvgIpc) is 2.54. The van der Waals surface area contributed by atoms with Gasteiger partial charge in [0, 0.05) is 16.5 Å². The molecule has 0 saturated heterocycles. The van der Waals surface area contributed by atoms with Crippen LogP contribution in [0.2, 0.25) is 5.02 Å². The van der Waals surface area contributed by atoms with Crippen molar-refractivity contribution < 1.29 is 22.7 Å². The smallest absolute Gasteiger partial charge is 0.358 e. The van der Waals surface area contributed by atoms with Crippen molar-refractivity contribution in [1.29, 1.82) is 0 Å². The molecule has 2 rings (SSSR count). The molecule has 0 aliphatic heterocycles. The standard InChI is InChI=1S/C14H9BrClF3N2O2/c15-3-4-23-14(22)10-6-20-5-9(21-10)11-7(13(18)19)1-2-8(16)12(11)17/h1-2,5-6,13H,3-4H2. The summed E-state index contributed by atoms with van der Waals surface area (Å²) in [6.45, 7) is 0.0958. The van der Waals surface area contributed by atoms with Gasteiger partial charge < -0.3 is 4.74 Å². The molecule has 122 valence electrons. The Morgan fingerprint density at radius 1 is 1.35 bits per heavy atom. The molecule has 0 bridgehead atoms. The van der Waals surface area contributed by atoms with Crippen molar-refractivity contribution in [1.82, 2.24) is 9.97 Å². The first-order chi connectivity index (χ1) is 11.0. The van der Waals surface area contributed by atoms with Crippen LogP contribution < -0.4 is 0 Å². The maximum atomic E-state index is 14.2. The first-order valence-corrected chi connectivity index (χ1v) is 7.77. The van der Waals surface area contributed by atoms with E-state index in [0.717, 1.165) is 24.5 Å². The van der Waals surface area contributed by atoms with Crippen molar-refractivity contribution in [2.75, 3.05) is 11.9 Å². The Kier molecular flexibility index (Phi) is 5.95.